The number of pyridine rings is 1. The fraction of sp³-hybridized carbons (Fsp3) is 0.478. The van der Waals surface area contributed by atoms with Crippen molar-refractivity contribution < 1.29 is 4.74 Å². The Labute approximate surface area is 173 Å². The molecule has 6 nitrogen and oxygen atoms in total. The van der Waals surface area contributed by atoms with Gasteiger partial charge in [0.05, 0.1) is 19.8 Å². The lowest BCUT2D eigenvalue weighted by Crippen LogP contribution is -2.40. The summed E-state index contributed by atoms with van der Waals surface area (Å²) in [5, 5.41) is 3.49. The van der Waals surface area contributed by atoms with E-state index in [1.54, 1.807) is 0 Å². The van der Waals surface area contributed by atoms with Gasteiger partial charge in [0.1, 0.15) is 5.82 Å². The van der Waals surface area contributed by atoms with Crippen molar-refractivity contribution >= 4 is 11.8 Å². The van der Waals surface area contributed by atoms with Crippen LogP contribution in [0.1, 0.15) is 30.4 Å². The molecule has 2 fully saturated rings. The van der Waals surface area contributed by atoms with Crippen LogP contribution in [0.2, 0.25) is 0 Å². The van der Waals surface area contributed by atoms with Crippen LogP contribution in [0.15, 0.2) is 53.7 Å². The van der Waals surface area contributed by atoms with Gasteiger partial charge in [-0.3, -0.25) is 0 Å². The highest BCUT2D eigenvalue weighted by Crippen LogP contribution is 2.27. The number of rotatable bonds is 5. The Morgan fingerprint density at radius 2 is 1.97 bits per heavy atom. The minimum absolute atomic E-state index is 0.572. The summed E-state index contributed by atoms with van der Waals surface area (Å²) < 4.78 is 5.49. The lowest BCUT2D eigenvalue weighted by Gasteiger charge is -2.29. The van der Waals surface area contributed by atoms with E-state index >= 15 is 0 Å². The zero-order chi connectivity index (χ0) is 19.9. The van der Waals surface area contributed by atoms with Crippen LogP contribution in [0.5, 0.6) is 0 Å². The molecule has 0 saturated carbocycles. The standard InChI is InChI=1S/C23H31N5O/c1-2-24-23(28-12-10-21(18-28)19-7-4-3-5-8-19)26-17-20-9-6-11-25-22(20)27-13-15-29-16-14-27/h3-9,11,21H,2,10,12-18H2,1H3,(H,24,26). The molecule has 0 bridgehead atoms. The van der Waals surface area contributed by atoms with Crippen LogP contribution in [0.25, 0.3) is 0 Å². The summed E-state index contributed by atoms with van der Waals surface area (Å²) >= 11 is 0. The van der Waals surface area contributed by atoms with Gasteiger partial charge in [-0.05, 0) is 25.0 Å². The van der Waals surface area contributed by atoms with Crippen molar-refractivity contribution in [2.75, 3.05) is 50.8 Å². The third kappa shape index (κ3) is 4.88. The van der Waals surface area contributed by atoms with Crippen LogP contribution in [0, 0.1) is 0 Å². The molecule has 0 radical (unpaired) electrons. The molecular weight excluding hydrogens is 362 g/mol. The van der Waals surface area contributed by atoms with Gasteiger partial charge in [-0.15, -0.1) is 0 Å². The molecule has 154 valence electrons. The summed E-state index contributed by atoms with van der Waals surface area (Å²) in [7, 11) is 0. The third-order valence-corrected chi connectivity index (χ3v) is 5.67. The Balaban J connectivity index is 1.47. The minimum Gasteiger partial charge on any atom is -0.378 e. The maximum absolute atomic E-state index is 5.49. The predicted octanol–water partition coefficient (Wildman–Crippen LogP) is 2.87. The Morgan fingerprint density at radius 3 is 2.76 bits per heavy atom. The van der Waals surface area contributed by atoms with Gasteiger partial charge < -0.3 is 19.9 Å². The topological polar surface area (TPSA) is 53.0 Å². The number of nitrogens with one attached hydrogen (secondary N) is 1. The first-order chi connectivity index (χ1) is 14.3. The number of guanidine groups is 1. The van der Waals surface area contributed by atoms with Crippen LogP contribution in [0.3, 0.4) is 0 Å². The van der Waals surface area contributed by atoms with E-state index in [9.17, 15) is 0 Å². The van der Waals surface area contributed by atoms with Crippen LogP contribution in [-0.2, 0) is 11.3 Å². The normalized spacial score (nSPS) is 20.2. The van der Waals surface area contributed by atoms with E-state index in [4.69, 9.17) is 9.73 Å². The van der Waals surface area contributed by atoms with Crippen LogP contribution >= 0.6 is 0 Å². The van der Waals surface area contributed by atoms with E-state index in [0.29, 0.717) is 12.5 Å². The Bertz CT molecular complexity index is 804. The Kier molecular flexibility index (Phi) is 6.62. The third-order valence-electron chi connectivity index (χ3n) is 5.67. The number of nitrogens with zero attached hydrogens (tertiary/aromatic N) is 4. The second-order valence-corrected chi connectivity index (χ2v) is 7.60. The van der Waals surface area contributed by atoms with Gasteiger partial charge in [0.15, 0.2) is 5.96 Å². The molecule has 6 heteroatoms. The predicted molar refractivity (Wildman–Crippen MR) is 117 cm³/mol. The second-order valence-electron chi connectivity index (χ2n) is 7.60. The number of anilines is 1. The Morgan fingerprint density at radius 1 is 1.14 bits per heavy atom. The number of likely N-dealkylation sites (tertiary alicyclic amines) is 1. The van der Waals surface area contributed by atoms with Crippen molar-refractivity contribution in [3.05, 3.63) is 59.8 Å². The van der Waals surface area contributed by atoms with E-state index in [-0.39, 0.29) is 0 Å². The van der Waals surface area contributed by atoms with Gasteiger partial charge in [-0.25, -0.2) is 9.98 Å². The van der Waals surface area contributed by atoms with E-state index in [1.165, 1.54) is 17.5 Å². The molecule has 1 aromatic carbocycles. The maximum atomic E-state index is 5.49. The first-order valence-corrected chi connectivity index (χ1v) is 10.7. The van der Waals surface area contributed by atoms with Crippen LogP contribution < -0.4 is 10.2 Å². The van der Waals surface area contributed by atoms with Gasteiger partial charge in [0.2, 0.25) is 0 Å². The molecule has 4 rings (SSSR count). The Hall–Kier alpha value is -2.60. The molecule has 1 atom stereocenters. The smallest absolute Gasteiger partial charge is 0.194 e. The molecule has 2 aromatic rings. The lowest BCUT2D eigenvalue weighted by molar-refractivity contribution is 0.122. The fourth-order valence-corrected chi connectivity index (χ4v) is 4.15. The molecule has 2 aliphatic heterocycles. The van der Waals surface area contributed by atoms with E-state index < -0.39 is 0 Å². The van der Waals surface area contributed by atoms with E-state index in [2.05, 4.69) is 63.4 Å². The molecule has 3 heterocycles. The van der Waals surface area contributed by atoms with E-state index in [1.807, 2.05) is 12.3 Å². The zero-order valence-electron chi connectivity index (χ0n) is 17.3. The van der Waals surface area contributed by atoms with Gasteiger partial charge in [-0.1, -0.05) is 36.4 Å². The average Bonchev–Trinajstić information content (AvgIpc) is 3.28. The summed E-state index contributed by atoms with van der Waals surface area (Å²) in [6.07, 6.45) is 3.04. The van der Waals surface area contributed by atoms with Crippen molar-refractivity contribution in [3.63, 3.8) is 0 Å². The van der Waals surface area contributed by atoms with Crippen molar-refractivity contribution in [2.24, 2.45) is 4.99 Å². The zero-order valence-corrected chi connectivity index (χ0v) is 17.3. The second kappa shape index (κ2) is 9.74. The SMILES string of the molecule is CCNC(=NCc1cccnc1N1CCOCC1)N1CCC(c2ccccc2)C1. The molecule has 0 spiro atoms. The molecule has 0 aliphatic carbocycles. The molecule has 2 aliphatic rings. The van der Waals surface area contributed by atoms with Gasteiger partial charge in [-0.2, -0.15) is 0 Å². The number of aliphatic imine (C=N–C) groups is 1. The molecule has 2 saturated heterocycles. The highest BCUT2D eigenvalue weighted by molar-refractivity contribution is 5.80. The molecule has 0 amide bonds. The number of ether oxygens (including phenoxy) is 1. The van der Waals surface area contributed by atoms with Gasteiger partial charge in [0.25, 0.3) is 0 Å². The maximum Gasteiger partial charge on any atom is 0.194 e. The minimum atomic E-state index is 0.572. The van der Waals surface area contributed by atoms with Gasteiger partial charge >= 0.3 is 0 Å². The van der Waals surface area contributed by atoms with Crippen molar-refractivity contribution in [2.45, 2.75) is 25.8 Å². The summed E-state index contributed by atoms with van der Waals surface area (Å²) in [6, 6.07) is 15.0. The van der Waals surface area contributed by atoms with Crippen molar-refractivity contribution in [3.8, 4) is 0 Å². The van der Waals surface area contributed by atoms with Crippen LogP contribution in [0.4, 0.5) is 5.82 Å². The molecule has 1 N–H and O–H groups in total. The number of morpholine rings is 1. The number of aromatic nitrogens is 1. The van der Waals surface area contributed by atoms with E-state index in [0.717, 1.165) is 57.7 Å². The first-order valence-electron chi connectivity index (χ1n) is 10.7. The fourth-order valence-electron chi connectivity index (χ4n) is 4.15. The number of benzene rings is 1. The molecule has 1 unspecified atom stereocenters. The molecule has 29 heavy (non-hydrogen) atoms. The van der Waals surface area contributed by atoms with Crippen LogP contribution in [-0.4, -0.2) is 61.8 Å². The van der Waals surface area contributed by atoms with Crippen molar-refractivity contribution in [1.82, 2.24) is 15.2 Å². The highest BCUT2D eigenvalue weighted by Gasteiger charge is 2.26. The van der Waals surface area contributed by atoms with Gasteiger partial charge in [0, 0.05) is 50.4 Å². The summed E-state index contributed by atoms with van der Waals surface area (Å²) in [5.74, 6) is 2.61. The first kappa shape index (κ1) is 19.7. The summed E-state index contributed by atoms with van der Waals surface area (Å²) in [6.45, 7) is 8.98. The van der Waals surface area contributed by atoms with Crippen molar-refractivity contribution in [1.29, 1.82) is 0 Å². The summed E-state index contributed by atoms with van der Waals surface area (Å²) in [5.41, 5.74) is 2.59. The molecule has 1 aromatic heterocycles. The monoisotopic (exact) mass is 393 g/mol. The molecular formula is C23H31N5O. The highest BCUT2D eigenvalue weighted by atomic mass is 16.5. The quantitative estimate of drug-likeness (QED) is 0.625. The number of hydrogen-bond donors (Lipinski definition) is 1. The largest absolute Gasteiger partial charge is 0.378 e. The lowest BCUT2D eigenvalue weighted by atomic mass is 9.99. The summed E-state index contributed by atoms with van der Waals surface area (Å²) in [4.78, 5) is 14.3. The average molecular weight is 394 g/mol. The number of hydrogen-bond acceptors (Lipinski definition) is 4.